The van der Waals surface area contributed by atoms with Gasteiger partial charge in [-0.3, -0.25) is 10.4 Å². The van der Waals surface area contributed by atoms with Crippen molar-refractivity contribution in [3.63, 3.8) is 0 Å². The van der Waals surface area contributed by atoms with E-state index in [1.165, 1.54) is 17.3 Å². The molecule has 0 unspecified atom stereocenters. The standard InChI is InChI=1S/C8H11N3S/c9-8(10)12-5-3-7-2-1-4-11-6-7/h1-2,4,6H,3,5H2,(H3,9,10). The van der Waals surface area contributed by atoms with Gasteiger partial charge in [0.2, 0.25) is 0 Å². The van der Waals surface area contributed by atoms with E-state index in [4.69, 9.17) is 11.1 Å². The fourth-order valence-electron chi connectivity index (χ4n) is 0.825. The average molecular weight is 181 g/mol. The van der Waals surface area contributed by atoms with Crippen molar-refractivity contribution >= 4 is 16.9 Å². The van der Waals surface area contributed by atoms with Gasteiger partial charge in [-0.05, 0) is 18.1 Å². The number of aromatic nitrogens is 1. The number of nitrogens with one attached hydrogen (secondary N) is 1. The zero-order chi connectivity index (χ0) is 8.81. The number of hydrogen-bond acceptors (Lipinski definition) is 3. The Balaban J connectivity index is 2.29. The minimum atomic E-state index is 0.180. The van der Waals surface area contributed by atoms with Gasteiger partial charge >= 0.3 is 0 Å². The highest BCUT2D eigenvalue weighted by Gasteiger charge is 1.93. The fourth-order valence-corrected chi connectivity index (χ4v) is 1.38. The summed E-state index contributed by atoms with van der Waals surface area (Å²) in [4.78, 5) is 3.99. The molecule has 0 bridgehead atoms. The van der Waals surface area contributed by atoms with Gasteiger partial charge in [0.05, 0.1) is 0 Å². The molecular formula is C8H11N3S. The van der Waals surface area contributed by atoms with Gasteiger partial charge in [-0.2, -0.15) is 0 Å². The molecule has 0 fully saturated rings. The van der Waals surface area contributed by atoms with Gasteiger partial charge in [-0.25, -0.2) is 0 Å². The Morgan fingerprint density at radius 1 is 1.67 bits per heavy atom. The monoisotopic (exact) mass is 181 g/mol. The molecule has 0 aliphatic rings. The van der Waals surface area contributed by atoms with Crippen LogP contribution in [0.5, 0.6) is 0 Å². The number of amidine groups is 1. The molecule has 1 heterocycles. The van der Waals surface area contributed by atoms with Crippen LogP contribution >= 0.6 is 11.8 Å². The van der Waals surface area contributed by atoms with Crippen LogP contribution in [0.2, 0.25) is 0 Å². The Hall–Kier alpha value is -1.03. The molecular weight excluding hydrogens is 170 g/mol. The van der Waals surface area contributed by atoms with Crippen LogP contribution in [0.25, 0.3) is 0 Å². The Labute approximate surface area is 75.9 Å². The first-order valence-corrected chi connectivity index (χ1v) is 4.63. The second-order valence-corrected chi connectivity index (χ2v) is 3.46. The van der Waals surface area contributed by atoms with Gasteiger partial charge in [-0.15, -0.1) is 0 Å². The lowest BCUT2D eigenvalue weighted by Crippen LogP contribution is -2.05. The third-order valence-corrected chi connectivity index (χ3v) is 2.09. The lowest BCUT2D eigenvalue weighted by molar-refractivity contribution is 1.12. The smallest absolute Gasteiger partial charge is 0.151 e. The number of nitrogens with zero attached hydrogens (tertiary/aromatic N) is 1. The van der Waals surface area contributed by atoms with Crippen molar-refractivity contribution in [2.45, 2.75) is 6.42 Å². The molecule has 0 aliphatic carbocycles. The quantitative estimate of drug-likeness (QED) is 0.545. The summed E-state index contributed by atoms with van der Waals surface area (Å²) < 4.78 is 0. The molecule has 1 aromatic rings. The van der Waals surface area contributed by atoms with Crippen LogP contribution in [0.4, 0.5) is 0 Å². The maximum atomic E-state index is 6.99. The van der Waals surface area contributed by atoms with Gasteiger partial charge in [0, 0.05) is 18.1 Å². The molecule has 0 radical (unpaired) electrons. The maximum Gasteiger partial charge on any atom is 0.151 e. The predicted octanol–water partition coefficient (Wildman–Crippen LogP) is 1.25. The highest BCUT2D eigenvalue weighted by atomic mass is 32.2. The van der Waals surface area contributed by atoms with Gasteiger partial charge in [0.15, 0.2) is 5.17 Å². The lowest BCUT2D eigenvalue weighted by atomic mass is 10.2. The fraction of sp³-hybridized carbons (Fsp3) is 0.250. The van der Waals surface area contributed by atoms with Crippen LogP contribution in [-0.2, 0) is 6.42 Å². The predicted molar refractivity (Wildman–Crippen MR) is 52.3 cm³/mol. The van der Waals surface area contributed by atoms with Crippen LogP contribution in [0.15, 0.2) is 24.5 Å². The molecule has 3 N–H and O–H groups in total. The maximum absolute atomic E-state index is 6.99. The van der Waals surface area contributed by atoms with Crippen LogP contribution in [-0.4, -0.2) is 15.9 Å². The highest BCUT2D eigenvalue weighted by molar-refractivity contribution is 8.13. The summed E-state index contributed by atoms with van der Waals surface area (Å²) >= 11 is 1.36. The summed E-state index contributed by atoms with van der Waals surface area (Å²) in [5.41, 5.74) is 6.37. The third kappa shape index (κ3) is 3.39. The summed E-state index contributed by atoms with van der Waals surface area (Å²) in [5, 5.41) is 7.16. The first kappa shape index (κ1) is 9.06. The van der Waals surface area contributed by atoms with Crippen LogP contribution in [0.3, 0.4) is 0 Å². The number of aryl methyl sites for hydroxylation is 1. The van der Waals surface area contributed by atoms with Crippen LogP contribution < -0.4 is 5.73 Å². The van der Waals surface area contributed by atoms with E-state index in [0.29, 0.717) is 0 Å². The normalized spacial score (nSPS) is 9.67. The van der Waals surface area contributed by atoms with Crippen molar-refractivity contribution in [2.24, 2.45) is 5.73 Å². The van der Waals surface area contributed by atoms with Crippen molar-refractivity contribution in [3.05, 3.63) is 30.1 Å². The van der Waals surface area contributed by atoms with Crippen molar-refractivity contribution in [2.75, 3.05) is 5.75 Å². The first-order valence-electron chi connectivity index (χ1n) is 3.65. The third-order valence-electron chi connectivity index (χ3n) is 1.37. The first-order chi connectivity index (χ1) is 5.79. The highest BCUT2D eigenvalue weighted by Crippen LogP contribution is 2.04. The molecule has 1 aromatic heterocycles. The second-order valence-electron chi connectivity index (χ2n) is 2.32. The lowest BCUT2D eigenvalue weighted by Gasteiger charge is -1.98. The molecule has 0 amide bonds. The topological polar surface area (TPSA) is 62.8 Å². The molecule has 0 saturated heterocycles. The minimum Gasteiger partial charge on any atom is -0.379 e. The van der Waals surface area contributed by atoms with Crippen LogP contribution in [0, 0.1) is 5.41 Å². The summed E-state index contributed by atoms with van der Waals surface area (Å²) in [6.45, 7) is 0. The van der Waals surface area contributed by atoms with Gasteiger partial charge in [0.25, 0.3) is 0 Å². The Morgan fingerprint density at radius 3 is 3.08 bits per heavy atom. The minimum absolute atomic E-state index is 0.180. The summed E-state index contributed by atoms with van der Waals surface area (Å²) in [6, 6.07) is 3.93. The molecule has 1 rings (SSSR count). The van der Waals surface area contributed by atoms with Gasteiger partial charge < -0.3 is 5.73 Å². The van der Waals surface area contributed by atoms with Crippen molar-refractivity contribution < 1.29 is 0 Å². The van der Waals surface area contributed by atoms with E-state index >= 15 is 0 Å². The van der Waals surface area contributed by atoms with E-state index in [2.05, 4.69) is 4.98 Å². The van der Waals surface area contributed by atoms with E-state index in [9.17, 15) is 0 Å². The number of pyridine rings is 1. The second kappa shape index (κ2) is 4.77. The Morgan fingerprint density at radius 2 is 2.50 bits per heavy atom. The molecule has 0 aromatic carbocycles. The van der Waals surface area contributed by atoms with Gasteiger partial charge in [-0.1, -0.05) is 17.8 Å². The largest absolute Gasteiger partial charge is 0.379 e. The molecule has 12 heavy (non-hydrogen) atoms. The van der Waals surface area contributed by atoms with Crippen molar-refractivity contribution in [1.82, 2.24) is 4.98 Å². The zero-order valence-corrected chi connectivity index (χ0v) is 7.47. The molecule has 3 nitrogen and oxygen atoms in total. The average Bonchev–Trinajstić information content (AvgIpc) is 2.05. The van der Waals surface area contributed by atoms with Crippen molar-refractivity contribution in [3.8, 4) is 0 Å². The van der Waals surface area contributed by atoms with Gasteiger partial charge in [0.1, 0.15) is 0 Å². The summed E-state index contributed by atoms with van der Waals surface area (Å²) in [7, 11) is 0. The number of rotatable bonds is 3. The summed E-state index contributed by atoms with van der Waals surface area (Å²) in [5.74, 6) is 0.848. The molecule has 0 aliphatic heterocycles. The molecule has 4 heteroatoms. The molecule has 0 saturated carbocycles. The zero-order valence-electron chi connectivity index (χ0n) is 6.66. The Kier molecular flexibility index (Phi) is 3.60. The Bertz CT molecular complexity index is 248. The number of nitrogens with two attached hydrogens (primary N) is 1. The number of hydrogen-bond donors (Lipinski definition) is 2. The molecule has 0 spiro atoms. The van der Waals surface area contributed by atoms with Crippen molar-refractivity contribution in [1.29, 1.82) is 5.41 Å². The van der Waals surface area contributed by atoms with E-state index in [1.807, 2.05) is 18.3 Å². The molecule has 0 atom stereocenters. The van der Waals surface area contributed by atoms with E-state index < -0.39 is 0 Å². The SMILES string of the molecule is N=C(N)SCCc1cccnc1. The summed E-state index contributed by atoms with van der Waals surface area (Å²) in [6.07, 6.45) is 4.50. The van der Waals surface area contributed by atoms with E-state index in [-0.39, 0.29) is 5.17 Å². The van der Waals surface area contributed by atoms with E-state index in [0.717, 1.165) is 12.2 Å². The molecule has 64 valence electrons. The van der Waals surface area contributed by atoms with E-state index in [1.54, 1.807) is 6.20 Å². The number of thioether (sulfide) groups is 1. The van der Waals surface area contributed by atoms with Crippen LogP contribution in [0.1, 0.15) is 5.56 Å².